The molecular weight excluding hydrogens is 296 g/mol. The number of carbonyl (C=O) groups excluding carboxylic acids is 2. The molecule has 0 saturated carbocycles. The van der Waals surface area contributed by atoms with Crippen LogP contribution in [-0.2, 0) is 11.2 Å². The standard InChI is InChI=1S/C16H20N4O3/c1-19-6-8-20(9-7-19)15(23)5-4-14-17-12-2-3-13(22)11(10-21)16(12)18-14/h2-3,10,22H,4-9H2,1H3,(H,17,18). The molecule has 0 unspecified atom stereocenters. The van der Waals surface area contributed by atoms with E-state index in [4.69, 9.17) is 0 Å². The second kappa shape index (κ2) is 6.37. The Morgan fingerprint density at radius 1 is 1.35 bits per heavy atom. The lowest BCUT2D eigenvalue weighted by Crippen LogP contribution is -2.47. The van der Waals surface area contributed by atoms with Gasteiger partial charge < -0.3 is 19.9 Å². The SMILES string of the molecule is CN1CCN(C(=O)CCc2nc3c(C=O)c(O)ccc3[nH]2)CC1. The van der Waals surface area contributed by atoms with E-state index in [2.05, 4.69) is 21.9 Å². The highest BCUT2D eigenvalue weighted by Gasteiger charge is 2.19. The minimum atomic E-state index is -0.0842. The number of aldehydes is 1. The van der Waals surface area contributed by atoms with Crippen LogP contribution >= 0.6 is 0 Å². The maximum Gasteiger partial charge on any atom is 0.223 e. The zero-order chi connectivity index (χ0) is 16.4. The van der Waals surface area contributed by atoms with E-state index in [1.165, 1.54) is 6.07 Å². The molecule has 0 spiro atoms. The number of imidazole rings is 1. The topological polar surface area (TPSA) is 89.5 Å². The first-order chi connectivity index (χ1) is 11.1. The summed E-state index contributed by atoms with van der Waals surface area (Å²) in [5.41, 5.74) is 1.31. The van der Waals surface area contributed by atoms with E-state index in [0.717, 1.165) is 26.2 Å². The van der Waals surface area contributed by atoms with E-state index in [-0.39, 0.29) is 17.2 Å². The zero-order valence-corrected chi connectivity index (χ0v) is 13.1. The molecule has 1 aliphatic heterocycles. The van der Waals surface area contributed by atoms with Gasteiger partial charge in [0.25, 0.3) is 0 Å². The van der Waals surface area contributed by atoms with Gasteiger partial charge in [-0.25, -0.2) is 4.98 Å². The summed E-state index contributed by atoms with van der Waals surface area (Å²) in [6, 6.07) is 3.14. The smallest absolute Gasteiger partial charge is 0.223 e. The Labute approximate surface area is 133 Å². The van der Waals surface area contributed by atoms with E-state index in [1.807, 2.05) is 4.90 Å². The zero-order valence-electron chi connectivity index (χ0n) is 13.1. The van der Waals surface area contributed by atoms with Crippen molar-refractivity contribution in [3.8, 4) is 5.75 Å². The van der Waals surface area contributed by atoms with E-state index in [1.54, 1.807) is 6.07 Å². The Kier molecular flexibility index (Phi) is 4.29. The molecular formula is C16H20N4O3. The number of phenols is 1. The second-order valence-corrected chi connectivity index (χ2v) is 5.88. The first-order valence-electron chi connectivity index (χ1n) is 7.70. The first-order valence-corrected chi connectivity index (χ1v) is 7.70. The normalized spacial score (nSPS) is 16.0. The third-order valence-electron chi connectivity index (χ3n) is 4.27. The van der Waals surface area contributed by atoms with E-state index in [9.17, 15) is 14.7 Å². The minimum Gasteiger partial charge on any atom is -0.507 e. The maximum absolute atomic E-state index is 12.2. The highest BCUT2D eigenvalue weighted by atomic mass is 16.3. The number of nitrogens with one attached hydrogen (secondary N) is 1. The van der Waals surface area contributed by atoms with Crippen LogP contribution in [0, 0.1) is 0 Å². The number of hydrogen-bond donors (Lipinski definition) is 2. The van der Waals surface area contributed by atoms with Gasteiger partial charge in [0.15, 0.2) is 6.29 Å². The number of H-pyrrole nitrogens is 1. The van der Waals surface area contributed by atoms with Gasteiger partial charge in [0.1, 0.15) is 17.1 Å². The summed E-state index contributed by atoms with van der Waals surface area (Å²) in [5, 5.41) is 9.68. The molecule has 0 radical (unpaired) electrons. The molecule has 23 heavy (non-hydrogen) atoms. The molecule has 2 N–H and O–H groups in total. The minimum absolute atomic E-state index is 0.0842. The second-order valence-electron chi connectivity index (χ2n) is 5.88. The lowest BCUT2D eigenvalue weighted by atomic mass is 10.2. The summed E-state index contributed by atoms with van der Waals surface area (Å²) in [6.07, 6.45) is 1.46. The van der Waals surface area contributed by atoms with Crippen molar-refractivity contribution in [1.82, 2.24) is 19.8 Å². The molecule has 2 heterocycles. The van der Waals surface area contributed by atoms with Crippen LogP contribution in [0.2, 0.25) is 0 Å². The quantitative estimate of drug-likeness (QED) is 0.814. The van der Waals surface area contributed by atoms with Crippen LogP contribution in [0.3, 0.4) is 0 Å². The highest BCUT2D eigenvalue weighted by molar-refractivity contribution is 5.97. The average molecular weight is 316 g/mol. The molecule has 1 amide bonds. The Balaban J connectivity index is 1.67. The number of amides is 1. The predicted octanol–water partition coefficient (Wildman–Crippen LogP) is 0.788. The van der Waals surface area contributed by atoms with Crippen molar-refractivity contribution in [1.29, 1.82) is 0 Å². The fourth-order valence-corrected chi connectivity index (χ4v) is 2.81. The van der Waals surface area contributed by atoms with Crippen LogP contribution in [0.1, 0.15) is 22.6 Å². The fraction of sp³-hybridized carbons (Fsp3) is 0.438. The number of phenolic OH excluding ortho intramolecular Hbond substituents is 1. The van der Waals surface area contributed by atoms with Gasteiger partial charge in [-0.3, -0.25) is 9.59 Å². The fourth-order valence-electron chi connectivity index (χ4n) is 2.81. The summed E-state index contributed by atoms with van der Waals surface area (Å²) >= 11 is 0. The number of fused-ring (bicyclic) bond motifs is 1. The van der Waals surface area contributed by atoms with Crippen molar-refractivity contribution >= 4 is 23.2 Å². The third-order valence-corrected chi connectivity index (χ3v) is 4.27. The van der Waals surface area contributed by atoms with Gasteiger partial charge in [-0.2, -0.15) is 0 Å². The molecule has 3 rings (SSSR count). The molecule has 2 aromatic rings. The summed E-state index contributed by atoms with van der Waals surface area (Å²) in [4.78, 5) is 34.8. The molecule has 0 bridgehead atoms. The maximum atomic E-state index is 12.2. The van der Waals surface area contributed by atoms with Gasteiger partial charge >= 0.3 is 0 Å². The van der Waals surface area contributed by atoms with Crippen LogP contribution in [0.15, 0.2) is 12.1 Å². The molecule has 7 nitrogen and oxygen atoms in total. The van der Waals surface area contributed by atoms with E-state index >= 15 is 0 Å². The summed E-state index contributed by atoms with van der Waals surface area (Å²) < 4.78 is 0. The highest BCUT2D eigenvalue weighted by Crippen LogP contribution is 2.24. The predicted molar refractivity (Wildman–Crippen MR) is 85.5 cm³/mol. The van der Waals surface area contributed by atoms with Crippen molar-refractivity contribution in [2.45, 2.75) is 12.8 Å². The molecule has 0 aliphatic carbocycles. The van der Waals surface area contributed by atoms with Crippen molar-refractivity contribution in [3.63, 3.8) is 0 Å². The van der Waals surface area contributed by atoms with Crippen molar-refractivity contribution in [2.75, 3.05) is 33.2 Å². The molecule has 122 valence electrons. The molecule has 1 saturated heterocycles. The number of aromatic nitrogens is 2. The van der Waals surface area contributed by atoms with Crippen LogP contribution in [-0.4, -0.2) is 70.3 Å². The number of aromatic amines is 1. The number of likely N-dealkylation sites (N-methyl/N-ethyl adjacent to an activating group) is 1. The summed E-state index contributed by atoms with van der Waals surface area (Å²) in [7, 11) is 2.05. The number of aryl methyl sites for hydroxylation is 1. The first kappa shape index (κ1) is 15.5. The van der Waals surface area contributed by atoms with E-state index in [0.29, 0.717) is 36.0 Å². The molecule has 1 aromatic heterocycles. The Hall–Kier alpha value is -2.41. The van der Waals surface area contributed by atoms with Crippen molar-refractivity contribution in [2.24, 2.45) is 0 Å². The van der Waals surface area contributed by atoms with Gasteiger partial charge in [-0.15, -0.1) is 0 Å². The van der Waals surface area contributed by atoms with Gasteiger partial charge in [0, 0.05) is 39.0 Å². The van der Waals surface area contributed by atoms with Crippen LogP contribution in [0.5, 0.6) is 5.75 Å². The number of carbonyl (C=O) groups is 2. The molecule has 1 aromatic carbocycles. The van der Waals surface area contributed by atoms with Crippen molar-refractivity contribution < 1.29 is 14.7 Å². The van der Waals surface area contributed by atoms with Crippen molar-refractivity contribution in [3.05, 3.63) is 23.5 Å². The van der Waals surface area contributed by atoms with Crippen LogP contribution in [0.25, 0.3) is 11.0 Å². The average Bonchev–Trinajstić information content (AvgIpc) is 2.96. The lowest BCUT2D eigenvalue weighted by molar-refractivity contribution is -0.132. The summed E-state index contributed by atoms with van der Waals surface area (Å²) in [5.74, 6) is 0.687. The van der Waals surface area contributed by atoms with Gasteiger partial charge in [0.05, 0.1) is 11.1 Å². The number of aromatic hydroxyl groups is 1. The number of rotatable bonds is 4. The van der Waals surface area contributed by atoms with Crippen LogP contribution in [0.4, 0.5) is 0 Å². The monoisotopic (exact) mass is 316 g/mol. The van der Waals surface area contributed by atoms with Gasteiger partial charge in [-0.1, -0.05) is 0 Å². The molecule has 1 fully saturated rings. The molecule has 0 atom stereocenters. The Bertz CT molecular complexity index is 732. The Morgan fingerprint density at radius 2 is 2.09 bits per heavy atom. The number of nitrogens with zero attached hydrogens (tertiary/aromatic N) is 3. The number of benzene rings is 1. The Morgan fingerprint density at radius 3 is 2.78 bits per heavy atom. The van der Waals surface area contributed by atoms with Crippen LogP contribution < -0.4 is 0 Å². The number of piperazine rings is 1. The lowest BCUT2D eigenvalue weighted by Gasteiger charge is -2.32. The summed E-state index contributed by atoms with van der Waals surface area (Å²) in [6.45, 7) is 3.33. The number of hydrogen-bond acceptors (Lipinski definition) is 5. The van der Waals surface area contributed by atoms with Gasteiger partial charge in [0.2, 0.25) is 5.91 Å². The molecule has 1 aliphatic rings. The van der Waals surface area contributed by atoms with E-state index < -0.39 is 0 Å². The third kappa shape index (κ3) is 3.19. The largest absolute Gasteiger partial charge is 0.507 e. The molecule has 7 heteroatoms. The van der Waals surface area contributed by atoms with Gasteiger partial charge in [-0.05, 0) is 19.2 Å².